The van der Waals surface area contributed by atoms with Crippen molar-refractivity contribution < 1.29 is 9.53 Å². The number of hydrogen-bond donors (Lipinski definition) is 1. The standard InChI is InChI=1S/C16H23ClN4O2.HI/c1-18-16(19-8-7-15(22)23-2)21-11-9-20(10-12-21)14-6-4-3-5-13(14)17;/h3-6H,7-12H2,1-2H3,(H,18,19);1H. The summed E-state index contributed by atoms with van der Waals surface area (Å²) in [6, 6.07) is 7.90. The molecule has 1 aromatic carbocycles. The number of aliphatic imine (C=N–C) groups is 1. The molecule has 1 saturated heterocycles. The molecular formula is C16H24ClIN4O2. The number of anilines is 1. The maximum absolute atomic E-state index is 11.2. The fourth-order valence-electron chi connectivity index (χ4n) is 2.58. The monoisotopic (exact) mass is 466 g/mol. The third-order valence-corrected chi connectivity index (χ3v) is 4.14. The van der Waals surface area contributed by atoms with Crippen molar-refractivity contribution in [2.24, 2.45) is 4.99 Å². The number of nitrogens with zero attached hydrogens (tertiary/aromatic N) is 3. The molecule has 0 amide bonds. The number of esters is 1. The van der Waals surface area contributed by atoms with Gasteiger partial charge in [0, 0.05) is 39.8 Å². The van der Waals surface area contributed by atoms with Crippen LogP contribution in [0, 0.1) is 0 Å². The first-order valence-corrected chi connectivity index (χ1v) is 8.05. The third-order valence-electron chi connectivity index (χ3n) is 3.82. The van der Waals surface area contributed by atoms with E-state index in [1.54, 1.807) is 7.05 Å². The molecule has 0 aromatic heterocycles. The van der Waals surface area contributed by atoms with Gasteiger partial charge in [-0.1, -0.05) is 23.7 Å². The number of carbonyl (C=O) groups excluding carboxylic acids is 1. The van der Waals surface area contributed by atoms with E-state index in [1.165, 1.54) is 7.11 Å². The van der Waals surface area contributed by atoms with Crippen LogP contribution >= 0.6 is 35.6 Å². The maximum Gasteiger partial charge on any atom is 0.307 e. The van der Waals surface area contributed by atoms with Gasteiger partial charge in [0.05, 0.1) is 24.2 Å². The Labute approximate surface area is 165 Å². The Balaban J connectivity index is 0.00000288. The lowest BCUT2D eigenvalue weighted by Gasteiger charge is -2.38. The predicted molar refractivity (Wildman–Crippen MR) is 109 cm³/mol. The number of guanidine groups is 1. The van der Waals surface area contributed by atoms with E-state index in [-0.39, 0.29) is 29.9 Å². The van der Waals surface area contributed by atoms with Gasteiger partial charge in [0.1, 0.15) is 0 Å². The number of carbonyl (C=O) groups is 1. The predicted octanol–water partition coefficient (Wildman–Crippen LogP) is 2.22. The summed E-state index contributed by atoms with van der Waals surface area (Å²) in [4.78, 5) is 19.9. The van der Waals surface area contributed by atoms with Crippen LogP contribution in [0.1, 0.15) is 6.42 Å². The number of halogens is 2. The number of nitrogens with one attached hydrogen (secondary N) is 1. The smallest absolute Gasteiger partial charge is 0.307 e. The largest absolute Gasteiger partial charge is 0.469 e. The van der Waals surface area contributed by atoms with Gasteiger partial charge < -0.3 is 19.9 Å². The molecule has 0 atom stereocenters. The van der Waals surface area contributed by atoms with Crippen molar-refractivity contribution >= 4 is 53.2 Å². The van der Waals surface area contributed by atoms with Crippen LogP contribution < -0.4 is 10.2 Å². The second-order valence-electron chi connectivity index (χ2n) is 5.23. The Morgan fingerprint density at radius 3 is 2.54 bits per heavy atom. The SMILES string of the molecule is CN=C(NCCC(=O)OC)N1CCN(c2ccccc2Cl)CC1.I. The Bertz CT molecular complexity index is 563. The minimum absolute atomic E-state index is 0. The first-order chi connectivity index (χ1) is 11.2. The Hall–Kier alpha value is -1.22. The van der Waals surface area contributed by atoms with Gasteiger partial charge in [-0.05, 0) is 12.1 Å². The van der Waals surface area contributed by atoms with Gasteiger partial charge in [-0.3, -0.25) is 9.79 Å². The molecule has 1 aliphatic rings. The number of methoxy groups -OCH3 is 1. The zero-order valence-corrected chi connectivity index (χ0v) is 17.1. The molecule has 0 spiro atoms. The van der Waals surface area contributed by atoms with Crippen molar-refractivity contribution in [2.45, 2.75) is 6.42 Å². The third kappa shape index (κ3) is 5.70. The van der Waals surface area contributed by atoms with E-state index in [2.05, 4.69) is 24.8 Å². The lowest BCUT2D eigenvalue weighted by Crippen LogP contribution is -2.52. The molecule has 0 bridgehead atoms. The highest BCUT2D eigenvalue weighted by atomic mass is 127. The van der Waals surface area contributed by atoms with Crippen LogP contribution in [0.3, 0.4) is 0 Å². The van der Waals surface area contributed by atoms with Crippen LogP contribution in [-0.4, -0.2) is 63.7 Å². The van der Waals surface area contributed by atoms with Crippen LogP contribution in [0.4, 0.5) is 5.69 Å². The summed E-state index contributed by atoms with van der Waals surface area (Å²) in [6.45, 7) is 3.97. The summed E-state index contributed by atoms with van der Waals surface area (Å²) >= 11 is 6.26. The second kappa shape index (κ2) is 10.6. The summed E-state index contributed by atoms with van der Waals surface area (Å²) in [5.41, 5.74) is 1.07. The highest BCUT2D eigenvalue weighted by Crippen LogP contribution is 2.25. The molecular weight excluding hydrogens is 443 g/mol. The van der Waals surface area contributed by atoms with E-state index >= 15 is 0 Å². The molecule has 1 N–H and O–H groups in total. The van der Waals surface area contributed by atoms with Crippen molar-refractivity contribution in [1.29, 1.82) is 0 Å². The zero-order valence-electron chi connectivity index (χ0n) is 14.0. The molecule has 0 radical (unpaired) electrons. The van der Waals surface area contributed by atoms with Gasteiger partial charge in [0.2, 0.25) is 0 Å². The summed E-state index contributed by atoms with van der Waals surface area (Å²) in [7, 11) is 3.14. The van der Waals surface area contributed by atoms with Gasteiger partial charge in [0.15, 0.2) is 5.96 Å². The molecule has 0 unspecified atom stereocenters. The first-order valence-electron chi connectivity index (χ1n) is 7.67. The van der Waals surface area contributed by atoms with E-state index in [0.29, 0.717) is 13.0 Å². The molecule has 1 aliphatic heterocycles. The summed E-state index contributed by atoms with van der Waals surface area (Å²) in [5.74, 6) is 0.587. The first kappa shape index (κ1) is 20.8. The van der Waals surface area contributed by atoms with E-state index in [4.69, 9.17) is 11.6 Å². The van der Waals surface area contributed by atoms with Crippen molar-refractivity contribution in [3.05, 3.63) is 29.3 Å². The van der Waals surface area contributed by atoms with Crippen LogP contribution in [-0.2, 0) is 9.53 Å². The zero-order chi connectivity index (χ0) is 16.7. The van der Waals surface area contributed by atoms with Crippen LogP contribution in [0.5, 0.6) is 0 Å². The molecule has 24 heavy (non-hydrogen) atoms. The van der Waals surface area contributed by atoms with Gasteiger partial charge in [0.25, 0.3) is 0 Å². The van der Waals surface area contributed by atoms with E-state index in [0.717, 1.165) is 42.8 Å². The van der Waals surface area contributed by atoms with Crippen LogP contribution in [0.15, 0.2) is 29.3 Å². The Kier molecular flexibility index (Phi) is 9.20. The molecule has 1 fully saturated rings. The fourth-order valence-corrected chi connectivity index (χ4v) is 2.83. The van der Waals surface area contributed by atoms with Crippen LogP contribution in [0.25, 0.3) is 0 Å². The Morgan fingerprint density at radius 1 is 1.29 bits per heavy atom. The maximum atomic E-state index is 11.2. The summed E-state index contributed by atoms with van der Waals surface area (Å²) in [5, 5.41) is 3.98. The summed E-state index contributed by atoms with van der Waals surface area (Å²) < 4.78 is 4.63. The van der Waals surface area contributed by atoms with Crippen molar-refractivity contribution in [2.75, 3.05) is 51.8 Å². The molecule has 1 heterocycles. The average Bonchev–Trinajstić information content (AvgIpc) is 2.59. The molecule has 134 valence electrons. The molecule has 0 aliphatic carbocycles. The molecule has 2 rings (SSSR count). The minimum atomic E-state index is -0.225. The number of benzene rings is 1. The lowest BCUT2D eigenvalue weighted by molar-refractivity contribution is -0.140. The van der Waals surface area contributed by atoms with Crippen LogP contribution in [0.2, 0.25) is 5.02 Å². The normalized spacial score (nSPS) is 14.9. The number of ether oxygens (including phenoxy) is 1. The van der Waals surface area contributed by atoms with Crippen molar-refractivity contribution in [1.82, 2.24) is 10.2 Å². The van der Waals surface area contributed by atoms with Gasteiger partial charge in [-0.2, -0.15) is 0 Å². The molecule has 8 heteroatoms. The number of para-hydroxylation sites is 1. The van der Waals surface area contributed by atoms with Gasteiger partial charge in [-0.25, -0.2) is 0 Å². The van der Waals surface area contributed by atoms with Crippen molar-refractivity contribution in [3.8, 4) is 0 Å². The van der Waals surface area contributed by atoms with Gasteiger partial charge in [-0.15, -0.1) is 24.0 Å². The molecule has 6 nitrogen and oxygen atoms in total. The highest BCUT2D eigenvalue weighted by Gasteiger charge is 2.20. The van der Waals surface area contributed by atoms with E-state index in [1.807, 2.05) is 24.3 Å². The number of rotatable bonds is 4. The number of hydrogen-bond acceptors (Lipinski definition) is 4. The average molecular weight is 467 g/mol. The highest BCUT2D eigenvalue weighted by molar-refractivity contribution is 14.0. The number of piperazine rings is 1. The second-order valence-corrected chi connectivity index (χ2v) is 5.63. The topological polar surface area (TPSA) is 57.2 Å². The minimum Gasteiger partial charge on any atom is -0.469 e. The fraction of sp³-hybridized carbons (Fsp3) is 0.500. The van der Waals surface area contributed by atoms with Gasteiger partial charge >= 0.3 is 5.97 Å². The Morgan fingerprint density at radius 2 is 1.96 bits per heavy atom. The molecule has 0 saturated carbocycles. The van der Waals surface area contributed by atoms with Crippen molar-refractivity contribution in [3.63, 3.8) is 0 Å². The lowest BCUT2D eigenvalue weighted by atomic mass is 10.2. The quantitative estimate of drug-likeness (QED) is 0.319. The van der Waals surface area contributed by atoms with E-state index in [9.17, 15) is 4.79 Å². The molecule has 1 aromatic rings. The summed E-state index contributed by atoms with van der Waals surface area (Å²) in [6.07, 6.45) is 0.328. The van der Waals surface area contributed by atoms with E-state index < -0.39 is 0 Å².